The number of aromatic hydroxyl groups is 3. The van der Waals surface area contributed by atoms with Crippen molar-refractivity contribution < 1.29 is 48.4 Å². The quantitative estimate of drug-likeness (QED) is 0.0551. The Labute approximate surface area is 530 Å². The van der Waals surface area contributed by atoms with Crippen LogP contribution in [0.25, 0.3) is 22.5 Å². The zero-order chi connectivity index (χ0) is 64.1. The summed E-state index contributed by atoms with van der Waals surface area (Å²) in [7, 11) is -0.548. The molecule has 0 radical (unpaired) electrons. The van der Waals surface area contributed by atoms with Crippen LogP contribution in [0.2, 0.25) is 5.28 Å². The summed E-state index contributed by atoms with van der Waals surface area (Å²) >= 11 is 12.0. The van der Waals surface area contributed by atoms with Gasteiger partial charge in [-0.3, -0.25) is 9.59 Å². The third-order valence-corrected chi connectivity index (χ3v) is 14.3. The first-order valence-electron chi connectivity index (χ1n) is 26.5. The van der Waals surface area contributed by atoms with E-state index in [-0.39, 0.29) is 50.5 Å². The third-order valence-electron chi connectivity index (χ3n) is 13.1. The van der Waals surface area contributed by atoms with Gasteiger partial charge in [0.05, 0.1) is 63.6 Å². The average Bonchev–Trinajstić information content (AvgIpc) is 3.37. The summed E-state index contributed by atoms with van der Waals surface area (Å²) in [6.07, 6.45) is 3.88. The highest BCUT2D eigenvalue weighted by atomic mass is 79.9. The number of benzene rings is 6. The number of morpholine rings is 1. The van der Waals surface area contributed by atoms with Crippen molar-refractivity contribution in [2.24, 2.45) is 0 Å². The van der Waals surface area contributed by atoms with Crippen molar-refractivity contribution in [2.75, 3.05) is 31.2 Å². The van der Waals surface area contributed by atoms with E-state index in [2.05, 4.69) is 81.0 Å². The van der Waals surface area contributed by atoms with Gasteiger partial charge in [0.2, 0.25) is 5.28 Å². The van der Waals surface area contributed by atoms with Gasteiger partial charge in [-0.1, -0.05) is 50.1 Å². The van der Waals surface area contributed by atoms with Crippen LogP contribution in [0.4, 0.5) is 5.69 Å². The van der Waals surface area contributed by atoms with E-state index in [1.165, 1.54) is 43.9 Å². The van der Waals surface area contributed by atoms with Crippen LogP contribution in [0.5, 0.6) is 28.7 Å². The number of carbonyl (C=O) groups excluding carboxylic acids is 2. The number of nitriles is 5. The van der Waals surface area contributed by atoms with Crippen molar-refractivity contribution in [1.82, 2.24) is 19.9 Å². The predicted molar refractivity (Wildman–Crippen MR) is 334 cm³/mol. The maximum absolute atomic E-state index is 11.0. The van der Waals surface area contributed by atoms with Crippen molar-refractivity contribution in [3.8, 4) is 81.6 Å². The van der Waals surface area contributed by atoms with Gasteiger partial charge in [0.15, 0.2) is 0 Å². The highest BCUT2D eigenvalue weighted by Crippen LogP contribution is 2.37. The van der Waals surface area contributed by atoms with Crippen molar-refractivity contribution in [3.05, 3.63) is 193 Å². The summed E-state index contributed by atoms with van der Waals surface area (Å²) < 4.78 is 28.6. The maximum atomic E-state index is 11.0. The number of rotatable bonds is 8. The number of aromatic nitrogens is 4. The number of phenols is 3. The standard InChI is InChI=1S/C22H20N4O2.C15H18BNO4.C11H6ClN3O.C9H6BrNO2.C7H4BrNO/c23-15-18-14-17(3-6-21(18)27)20-7-8-24-22(25-20)13-16-1-4-19(5-2-16)26-9-11-28-12-10-26;1-10(18)19-13-7-6-12(8-11(13)9-17)16-20-14(2,3)15(4,5)21-16;12-11-14-4-3-9(15-11)7-1-2-10(16)8(5-7)6-13;1-6(12)13-9-3-2-8(10)4-7(9)5-11;8-6-1-2-7(10)5(3-6)4-9/h1-8,14,27H,9-13H2;6-8H,1-5H3;1-5,16H;2-4H,1H3;1-3,10H. The van der Waals surface area contributed by atoms with Crippen molar-refractivity contribution in [2.45, 2.75) is 59.2 Å². The minimum atomic E-state index is -0.548. The van der Waals surface area contributed by atoms with E-state index in [0.717, 1.165) is 57.5 Å². The molecule has 3 N–H and O–H groups in total. The summed E-state index contributed by atoms with van der Waals surface area (Å²) in [5.41, 5.74) is 6.33. The van der Waals surface area contributed by atoms with E-state index in [1.807, 2.05) is 58.0 Å². The molecule has 0 aliphatic carbocycles. The van der Waals surface area contributed by atoms with Crippen LogP contribution in [-0.4, -0.2) is 91.8 Å². The number of carbonyl (C=O) groups is 2. The topological polar surface area (TPSA) is 315 Å². The molecule has 0 atom stereocenters. The van der Waals surface area contributed by atoms with E-state index in [0.29, 0.717) is 34.8 Å². The van der Waals surface area contributed by atoms with Crippen LogP contribution in [0.3, 0.4) is 0 Å². The fraction of sp³-hybridized carbons (Fsp3) is 0.203. The maximum Gasteiger partial charge on any atom is 0.494 e. The van der Waals surface area contributed by atoms with E-state index >= 15 is 0 Å². The molecule has 88 heavy (non-hydrogen) atoms. The second-order valence-electron chi connectivity index (χ2n) is 19.9. The van der Waals surface area contributed by atoms with Crippen LogP contribution in [0.15, 0.2) is 149 Å². The number of hydrogen-bond acceptors (Lipinski definition) is 20. The molecule has 0 amide bonds. The minimum absolute atomic E-state index is 0.0192. The first-order valence-corrected chi connectivity index (χ1v) is 28.5. The zero-order valence-corrected chi connectivity index (χ0v) is 52.1. The van der Waals surface area contributed by atoms with Crippen molar-refractivity contribution in [1.29, 1.82) is 26.3 Å². The summed E-state index contributed by atoms with van der Waals surface area (Å²) in [5.74, 6) is 0.290. The zero-order valence-electron chi connectivity index (χ0n) is 48.2. The molecule has 0 bridgehead atoms. The Morgan fingerprint density at radius 2 is 1.03 bits per heavy atom. The summed E-state index contributed by atoms with van der Waals surface area (Å²) in [5, 5.41) is 72.3. The monoisotopic (exact) mass is 1330 g/mol. The molecule has 0 unspecified atom stereocenters. The minimum Gasteiger partial charge on any atom is -0.507 e. The normalized spacial score (nSPS) is 13.1. The fourth-order valence-electron chi connectivity index (χ4n) is 7.98. The second-order valence-corrected chi connectivity index (χ2v) is 22.0. The molecule has 8 aromatic rings. The summed E-state index contributed by atoms with van der Waals surface area (Å²) in [4.78, 5) is 40.7. The Morgan fingerprint density at radius 1 is 0.591 bits per heavy atom. The summed E-state index contributed by atoms with van der Waals surface area (Å²) in [6.45, 7) is 13.8. The molecule has 0 spiro atoms. The van der Waals surface area contributed by atoms with Gasteiger partial charge in [-0.2, -0.15) is 26.3 Å². The number of nitrogens with zero attached hydrogens (tertiary/aromatic N) is 10. The molecular formula is C64H54BBr2ClN10O10. The molecule has 0 saturated carbocycles. The van der Waals surface area contributed by atoms with E-state index in [4.69, 9.17) is 61.3 Å². The first-order chi connectivity index (χ1) is 42.0. The molecule has 2 aromatic heterocycles. The van der Waals surface area contributed by atoms with Gasteiger partial charge < -0.3 is 43.7 Å². The number of ether oxygens (including phenoxy) is 3. The summed E-state index contributed by atoms with van der Waals surface area (Å²) in [6, 6.07) is 45.7. The average molecular weight is 1330 g/mol. The van der Waals surface area contributed by atoms with E-state index in [1.54, 1.807) is 91.1 Å². The van der Waals surface area contributed by atoms with Crippen LogP contribution in [0.1, 0.15) is 80.7 Å². The Kier molecular flexibility index (Phi) is 24.2. The van der Waals surface area contributed by atoms with Gasteiger partial charge >= 0.3 is 19.1 Å². The molecule has 2 fully saturated rings. The third kappa shape index (κ3) is 19.1. The molecule has 444 valence electrons. The Bertz CT molecular complexity index is 4030. The van der Waals surface area contributed by atoms with Gasteiger partial charge in [0.1, 0.15) is 64.9 Å². The van der Waals surface area contributed by atoms with E-state index < -0.39 is 30.3 Å². The molecule has 2 aliphatic heterocycles. The molecule has 10 rings (SSSR count). The molecule has 20 nitrogen and oxygen atoms in total. The van der Waals surface area contributed by atoms with Crippen LogP contribution in [-0.2, 0) is 30.1 Å². The SMILES string of the molecule is CC(=O)Oc1ccc(B2OC(C)(C)C(C)(C)O2)cc1C#N.CC(=O)Oc1ccc(Br)cc1C#N.N#Cc1cc(-c2ccnc(Cc3ccc(N4CCOCC4)cc3)n2)ccc1O.N#Cc1cc(-c2ccnc(Cl)n2)ccc1O.N#Cc1cc(Br)ccc1O. The fourth-order valence-corrected chi connectivity index (χ4v) is 8.84. The van der Waals surface area contributed by atoms with Gasteiger partial charge in [0, 0.05) is 71.5 Å². The molecular weight excluding hydrogens is 1270 g/mol. The molecule has 24 heteroatoms. The molecule has 6 aromatic carbocycles. The first kappa shape index (κ1) is 67.4. The smallest absolute Gasteiger partial charge is 0.494 e. The lowest BCUT2D eigenvalue weighted by atomic mass is 9.78. The van der Waals surface area contributed by atoms with Gasteiger partial charge in [-0.25, -0.2) is 19.9 Å². The Balaban J connectivity index is 0.000000184. The van der Waals surface area contributed by atoms with Gasteiger partial charge in [-0.15, -0.1) is 0 Å². The van der Waals surface area contributed by atoms with Crippen molar-refractivity contribution in [3.63, 3.8) is 0 Å². The second kappa shape index (κ2) is 31.6. The number of hydrogen-bond donors (Lipinski definition) is 3. The van der Waals surface area contributed by atoms with Crippen molar-refractivity contribution >= 4 is 73.7 Å². The lowest BCUT2D eigenvalue weighted by Crippen LogP contribution is -2.41. The van der Waals surface area contributed by atoms with Crippen LogP contribution < -0.4 is 19.8 Å². The lowest BCUT2D eigenvalue weighted by molar-refractivity contribution is -0.132. The van der Waals surface area contributed by atoms with E-state index in [9.17, 15) is 25.1 Å². The lowest BCUT2D eigenvalue weighted by Gasteiger charge is -2.32. The predicted octanol–water partition coefficient (Wildman–Crippen LogP) is 11.6. The molecule has 2 aliphatic rings. The number of esters is 2. The number of halogens is 3. The largest absolute Gasteiger partial charge is 0.507 e. The Hall–Kier alpha value is -9.74. The highest BCUT2D eigenvalue weighted by Gasteiger charge is 2.51. The number of anilines is 1. The molecule has 2 saturated heterocycles. The van der Waals surface area contributed by atoms with Crippen LogP contribution >= 0.6 is 43.5 Å². The molecule has 4 heterocycles. The Morgan fingerprint density at radius 3 is 1.52 bits per heavy atom. The van der Waals surface area contributed by atoms with Gasteiger partial charge in [-0.05, 0) is 160 Å². The highest BCUT2D eigenvalue weighted by molar-refractivity contribution is 9.10. The van der Waals surface area contributed by atoms with Crippen LogP contribution in [0, 0.1) is 56.7 Å². The number of phenolic OH excluding ortho intramolecular Hbond substituents is 3. The van der Waals surface area contributed by atoms with Gasteiger partial charge in [0.25, 0.3) is 0 Å².